The van der Waals surface area contributed by atoms with Crippen molar-refractivity contribution in [1.29, 1.82) is 0 Å². The van der Waals surface area contributed by atoms with E-state index in [4.69, 9.17) is 38.3 Å². The second-order valence-corrected chi connectivity index (χ2v) is 10.6. The Bertz CT molecular complexity index is 1350. The zero-order chi connectivity index (χ0) is 33.3. The van der Waals surface area contributed by atoms with Gasteiger partial charge >= 0.3 is 29.8 Å². The first-order valence-electron chi connectivity index (χ1n) is 14.2. The summed E-state index contributed by atoms with van der Waals surface area (Å²) < 4.78 is 39.2. The van der Waals surface area contributed by atoms with Gasteiger partial charge in [0.1, 0.15) is 18.5 Å². The topological polar surface area (TPSA) is 199 Å². The molecular formula is C30H38N2O13. The lowest BCUT2D eigenvalue weighted by Gasteiger charge is -2.43. The maximum absolute atomic E-state index is 12.2. The van der Waals surface area contributed by atoms with Crippen LogP contribution in [0.1, 0.15) is 70.7 Å². The molecule has 1 aliphatic heterocycles. The van der Waals surface area contributed by atoms with Crippen molar-refractivity contribution in [3.05, 3.63) is 41.1 Å². The van der Waals surface area contributed by atoms with Gasteiger partial charge in [-0.3, -0.25) is 29.1 Å². The van der Waals surface area contributed by atoms with Crippen molar-refractivity contribution in [2.24, 2.45) is 0 Å². The third-order valence-electron chi connectivity index (χ3n) is 6.50. The number of carboxylic acids is 1. The van der Waals surface area contributed by atoms with Gasteiger partial charge < -0.3 is 38.3 Å². The highest BCUT2D eigenvalue weighted by Gasteiger charge is 2.53. The van der Waals surface area contributed by atoms with E-state index in [0.717, 1.165) is 32.0 Å². The van der Waals surface area contributed by atoms with Gasteiger partial charge in [-0.1, -0.05) is 26.0 Å². The summed E-state index contributed by atoms with van der Waals surface area (Å²) >= 11 is 0. The zero-order valence-electron chi connectivity index (χ0n) is 25.9. The monoisotopic (exact) mass is 634 g/mol. The molecule has 1 aromatic heterocycles. The fourth-order valence-corrected chi connectivity index (χ4v) is 4.66. The molecule has 0 spiro atoms. The maximum atomic E-state index is 12.2. The second kappa shape index (κ2) is 15.9. The number of rotatable bonds is 14. The smallest absolute Gasteiger partial charge is 0.306 e. The van der Waals surface area contributed by atoms with Crippen LogP contribution in [-0.4, -0.2) is 89.1 Å². The van der Waals surface area contributed by atoms with Crippen LogP contribution in [-0.2, 0) is 54.1 Å². The van der Waals surface area contributed by atoms with Gasteiger partial charge in [0.25, 0.3) is 0 Å². The highest BCUT2D eigenvalue weighted by molar-refractivity contribution is 5.69. The normalized spacial score (nSPS) is 21.0. The summed E-state index contributed by atoms with van der Waals surface area (Å²) in [6, 6.07) is 7.05. The molecule has 0 saturated carbocycles. The highest BCUT2D eigenvalue weighted by Crippen LogP contribution is 2.34. The Kier molecular flexibility index (Phi) is 12.3. The van der Waals surface area contributed by atoms with Gasteiger partial charge in [0, 0.05) is 45.4 Å². The van der Waals surface area contributed by atoms with Crippen molar-refractivity contribution in [3.63, 3.8) is 0 Å². The van der Waals surface area contributed by atoms with Crippen LogP contribution in [0.4, 0.5) is 0 Å². The van der Waals surface area contributed by atoms with Gasteiger partial charge in [-0.15, -0.1) is 5.10 Å². The third kappa shape index (κ3) is 10.2. The summed E-state index contributed by atoms with van der Waals surface area (Å²) in [5, 5.41) is 16.1. The number of aromatic amines is 1. The fourth-order valence-electron chi connectivity index (χ4n) is 4.66. The van der Waals surface area contributed by atoms with E-state index in [-0.39, 0.29) is 24.8 Å². The number of benzene rings is 1. The Morgan fingerprint density at radius 3 is 2.04 bits per heavy atom. The van der Waals surface area contributed by atoms with E-state index in [2.05, 4.69) is 10.2 Å². The average Bonchev–Trinajstić information content (AvgIpc) is 3.33. The summed E-state index contributed by atoms with van der Waals surface area (Å²) in [6.07, 6.45) is -6.56. The molecule has 2 N–H and O–H groups in total. The SMILES string of the molecule is CC(=O)OC[C@H]1O[C@@H](Oc2n[nH]c(C(C)C)c2Cc2ccc(OCCC(=O)O)cc2)[C@H](OC(C)=O)[C@@H](OC(C)=O)[C@@H]1OC(C)=O. The van der Waals surface area contributed by atoms with E-state index in [1.165, 1.54) is 6.92 Å². The van der Waals surface area contributed by atoms with Crippen molar-refractivity contribution in [2.45, 2.75) is 91.0 Å². The number of esters is 4. The largest absolute Gasteiger partial charge is 0.493 e. The summed E-state index contributed by atoms with van der Waals surface area (Å²) in [7, 11) is 0. The first-order valence-corrected chi connectivity index (χ1v) is 14.2. The minimum Gasteiger partial charge on any atom is -0.493 e. The molecule has 0 unspecified atom stereocenters. The molecule has 0 amide bonds. The van der Waals surface area contributed by atoms with E-state index >= 15 is 0 Å². The van der Waals surface area contributed by atoms with Crippen LogP contribution in [0.15, 0.2) is 24.3 Å². The lowest BCUT2D eigenvalue weighted by atomic mass is 9.97. The molecule has 1 aromatic carbocycles. The van der Waals surface area contributed by atoms with Gasteiger partial charge in [-0.05, 0) is 23.6 Å². The molecule has 45 heavy (non-hydrogen) atoms. The number of aliphatic carboxylic acids is 1. The number of hydrogen-bond donors (Lipinski definition) is 2. The fraction of sp³-hybridized carbons (Fsp3) is 0.533. The predicted molar refractivity (Wildman–Crippen MR) is 152 cm³/mol. The Hall–Kier alpha value is -4.66. The molecule has 2 aromatic rings. The van der Waals surface area contributed by atoms with Gasteiger partial charge in [0.05, 0.1) is 13.0 Å². The molecule has 15 nitrogen and oxygen atoms in total. The number of nitrogens with zero attached hydrogens (tertiary/aromatic N) is 1. The lowest BCUT2D eigenvalue weighted by Crippen LogP contribution is -2.63. The number of H-pyrrole nitrogens is 1. The number of aromatic nitrogens is 2. The number of carbonyl (C=O) groups is 5. The molecule has 0 radical (unpaired) electrons. The van der Waals surface area contributed by atoms with E-state index in [1.807, 2.05) is 26.0 Å². The Labute approximate surface area is 259 Å². The van der Waals surface area contributed by atoms with Crippen molar-refractivity contribution in [1.82, 2.24) is 10.2 Å². The van der Waals surface area contributed by atoms with Gasteiger partial charge in [-0.25, -0.2) is 0 Å². The van der Waals surface area contributed by atoms with Crippen LogP contribution in [0.25, 0.3) is 0 Å². The lowest BCUT2D eigenvalue weighted by molar-refractivity contribution is -0.289. The Morgan fingerprint density at radius 2 is 1.49 bits per heavy atom. The van der Waals surface area contributed by atoms with Crippen molar-refractivity contribution in [3.8, 4) is 11.6 Å². The molecule has 1 saturated heterocycles. The Morgan fingerprint density at radius 1 is 0.889 bits per heavy atom. The summed E-state index contributed by atoms with van der Waals surface area (Å²) in [4.78, 5) is 58.7. The molecule has 0 aliphatic carbocycles. The molecule has 246 valence electrons. The number of carbonyl (C=O) groups excluding carboxylic acids is 4. The first kappa shape index (κ1) is 34.8. The van der Waals surface area contributed by atoms with E-state index in [9.17, 15) is 24.0 Å². The number of ether oxygens (including phenoxy) is 7. The van der Waals surface area contributed by atoms with Gasteiger partial charge in [0.15, 0.2) is 12.2 Å². The highest BCUT2D eigenvalue weighted by atomic mass is 16.7. The number of nitrogens with one attached hydrogen (secondary N) is 1. The Balaban J connectivity index is 1.97. The quantitative estimate of drug-likeness (QED) is 0.227. The molecule has 15 heteroatoms. The molecule has 2 heterocycles. The second-order valence-electron chi connectivity index (χ2n) is 10.6. The third-order valence-corrected chi connectivity index (χ3v) is 6.50. The first-order chi connectivity index (χ1) is 21.2. The predicted octanol–water partition coefficient (Wildman–Crippen LogP) is 2.44. The van der Waals surface area contributed by atoms with Crippen molar-refractivity contribution < 1.29 is 62.2 Å². The maximum Gasteiger partial charge on any atom is 0.306 e. The van der Waals surface area contributed by atoms with Crippen molar-refractivity contribution in [2.75, 3.05) is 13.2 Å². The summed E-state index contributed by atoms with van der Waals surface area (Å²) in [6.45, 7) is 8.12. The van der Waals surface area contributed by atoms with E-state index < -0.39 is 67.2 Å². The molecular weight excluding hydrogens is 596 g/mol. The molecule has 0 bridgehead atoms. The molecule has 1 fully saturated rings. The van der Waals surface area contributed by atoms with Gasteiger partial charge in [0.2, 0.25) is 18.3 Å². The van der Waals surface area contributed by atoms with E-state index in [0.29, 0.717) is 17.7 Å². The molecule has 1 aliphatic rings. The minimum absolute atomic E-state index is 0.0149. The van der Waals surface area contributed by atoms with E-state index in [1.54, 1.807) is 12.1 Å². The zero-order valence-corrected chi connectivity index (χ0v) is 25.9. The summed E-state index contributed by atoms with van der Waals surface area (Å²) in [5.74, 6) is -3.28. The van der Waals surface area contributed by atoms with Crippen LogP contribution >= 0.6 is 0 Å². The van der Waals surface area contributed by atoms with Crippen LogP contribution in [0.5, 0.6) is 11.6 Å². The van der Waals surface area contributed by atoms with Crippen LogP contribution in [0.3, 0.4) is 0 Å². The molecule has 5 atom stereocenters. The van der Waals surface area contributed by atoms with Crippen LogP contribution in [0.2, 0.25) is 0 Å². The number of hydrogen-bond acceptors (Lipinski definition) is 13. The van der Waals surface area contributed by atoms with Crippen LogP contribution < -0.4 is 9.47 Å². The molecule has 3 rings (SSSR count). The minimum atomic E-state index is -1.45. The average molecular weight is 635 g/mol. The summed E-state index contributed by atoms with van der Waals surface area (Å²) in [5.41, 5.74) is 2.24. The van der Waals surface area contributed by atoms with Gasteiger partial charge in [-0.2, -0.15) is 0 Å². The van der Waals surface area contributed by atoms with Crippen molar-refractivity contribution >= 4 is 29.8 Å². The standard InChI is InChI=1S/C30H38N2O13/c1-15(2)25-22(13-20-7-9-21(10-8-20)39-12-11-24(37)38)29(32-31-25)45-30-28(43-19(6)36)27(42-18(5)35)26(41-17(4)34)23(44-30)14-40-16(3)33/h7-10,15,23,26-28,30H,11-14H2,1-6H3,(H,31,32)(H,37,38)/t23-,26-,27+,28-,30+/m1/s1. The van der Waals surface area contributed by atoms with Crippen LogP contribution in [0, 0.1) is 0 Å². The number of carboxylic acid groups (broad SMARTS) is 1.